The van der Waals surface area contributed by atoms with Crippen LogP contribution in [0, 0.1) is 0 Å². The van der Waals surface area contributed by atoms with Crippen molar-refractivity contribution >= 4 is 12.9 Å². The Morgan fingerprint density at radius 1 is 1.40 bits per heavy atom. The predicted molar refractivity (Wildman–Crippen MR) is 49.2 cm³/mol. The number of rotatable bonds is 3. The molecule has 0 aromatic carbocycles. The molecule has 0 aliphatic heterocycles. The first-order chi connectivity index (χ1) is 4.91. The van der Waals surface area contributed by atoms with Gasteiger partial charge >= 0.3 is 0 Å². The first kappa shape index (κ1) is 12.3. The zero-order valence-electron chi connectivity index (χ0n) is 6.41. The van der Waals surface area contributed by atoms with Crippen molar-refractivity contribution in [2.45, 2.75) is 13.3 Å². The molecule has 0 fully saturated rings. The Morgan fingerprint density at radius 2 is 2.00 bits per heavy atom. The zero-order valence-corrected chi connectivity index (χ0v) is 7.31. The van der Waals surface area contributed by atoms with Gasteiger partial charge in [0.15, 0.2) is 0 Å². The van der Waals surface area contributed by atoms with Crippen LogP contribution >= 0.6 is 12.9 Å². The predicted octanol–water partition coefficient (Wildman–Crippen LogP) is 2.07. The molecule has 0 aliphatic rings. The van der Waals surface area contributed by atoms with E-state index in [4.69, 9.17) is 4.55 Å². The molecular weight excluding hydrogens is 146 g/mol. The van der Waals surface area contributed by atoms with Gasteiger partial charge in [-0.2, -0.15) is 0 Å². The summed E-state index contributed by atoms with van der Waals surface area (Å²) in [5, 5.41) is 2.89. The van der Waals surface area contributed by atoms with Crippen LogP contribution in [0.4, 0.5) is 0 Å². The fourth-order valence-electron chi connectivity index (χ4n) is 0.366. The summed E-state index contributed by atoms with van der Waals surface area (Å²) in [6.07, 6.45) is 9.11. The molecule has 0 unspecified atom stereocenters. The van der Waals surface area contributed by atoms with Gasteiger partial charge in [0.05, 0.1) is 0 Å². The maximum atomic E-state index is 6.69. The molecule has 0 aromatic heterocycles. The van der Waals surface area contributed by atoms with Crippen LogP contribution in [0.3, 0.4) is 0 Å². The highest BCUT2D eigenvalue weighted by atomic mass is 32.1. The fourth-order valence-corrected chi connectivity index (χ4v) is 0.366. The van der Waals surface area contributed by atoms with E-state index in [9.17, 15) is 0 Å². The first-order valence-electron chi connectivity index (χ1n) is 3.10. The van der Waals surface area contributed by atoms with E-state index in [0.717, 1.165) is 6.42 Å². The molecule has 0 atom stereocenters. The van der Waals surface area contributed by atoms with Gasteiger partial charge in [-0.05, 0) is 31.6 Å². The lowest BCUT2D eigenvalue weighted by molar-refractivity contribution is 0.679. The van der Waals surface area contributed by atoms with Crippen molar-refractivity contribution in [1.29, 1.82) is 0 Å². The third-order valence-electron chi connectivity index (χ3n) is 0.746. The van der Waals surface area contributed by atoms with E-state index >= 15 is 0 Å². The Hall–Kier alpha value is -0.410. The molecule has 0 spiro atoms. The van der Waals surface area contributed by atoms with E-state index in [0.29, 0.717) is 0 Å². The molecule has 2 N–H and O–H groups in total. The minimum absolute atomic E-state index is 1.11. The van der Waals surface area contributed by atoms with Gasteiger partial charge in [-0.1, -0.05) is 19.1 Å². The molecule has 0 saturated carbocycles. The number of hydrogen-bond acceptors (Lipinski definition) is 3. The van der Waals surface area contributed by atoms with Crippen molar-refractivity contribution in [2.24, 2.45) is 0 Å². The molecule has 0 saturated heterocycles. The molecule has 3 heteroatoms. The second kappa shape index (κ2) is 15.8. The molecule has 0 bridgehead atoms. The molecular formula is C7H15NOS. The largest absolute Gasteiger partial charge is 0.394 e. The lowest BCUT2D eigenvalue weighted by Gasteiger charge is -1.79. The van der Waals surface area contributed by atoms with E-state index in [-0.39, 0.29) is 0 Å². The van der Waals surface area contributed by atoms with Gasteiger partial charge < -0.3 is 9.87 Å². The van der Waals surface area contributed by atoms with Crippen LogP contribution in [0.1, 0.15) is 13.3 Å². The molecule has 0 amide bonds. The normalized spacial score (nSPS) is 9.60. The minimum Gasteiger partial charge on any atom is -0.394 e. The van der Waals surface area contributed by atoms with E-state index in [1.807, 2.05) is 25.4 Å². The minimum atomic E-state index is 1.11. The molecule has 60 valence electrons. The molecule has 10 heavy (non-hydrogen) atoms. The van der Waals surface area contributed by atoms with Gasteiger partial charge in [-0.15, -0.1) is 0 Å². The number of thiol groups is 1. The Labute approximate surface area is 68.3 Å². The molecule has 0 aromatic rings. The fraction of sp³-hybridized carbons (Fsp3) is 0.429. The lowest BCUT2D eigenvalue weighted by Crippen LogP contribution is -1.89. The number of allylic oxidation sites excluding steroid dienone is 3. The van der Waals surface area contributed by atoms with Crippen molar-refractivity contribution in [2.75, 3.05) is 7.05 Å². The molecule has 0 radical (unpaired) electrons. The highest BCUT2D eigenvalue weighted by Crippen LogP contribution is 1.78. The third-order valence-corrected chi connectivity index (χ3v) is 0.746. The van der Waals surface area contributed by atoms with Crippen molar-refractivity contribution in [1.82, 2.24) is 5.32 Å². The van der Waals surface area contributed by atoms with Crippen LogP contribution in [0.25, 0.3) is 0 Å². The van der Waals surface area contributed by atoms with Crippen LogP contribution in [-0.2, 0) is 0 Å². The van der Waals surface area contributed by atoms with Gasteiger partial charge in [0.2, 0.25) is 0 Å². The van der Waals surface area contributed by atoms with E-state index in [1.54, 1.807) is 0 Å². The maximum absolute atomic E-state index is 6.69. The summed E-state index contributed by atoms with van der Waals surface area (Å²) >= 11 is 2.53. The van der Waals surface area contributed by atoms with Crippen molar-refractivity contribution in [3.63, 3.8) is 0 Å². The number of hydrogen-bond donors (Lipinski definition) is 3. The SMILES string of the molecule is CC/C=C/C=C\NC.OS. The quantitative estimate of drug-likeness (QED) is 0.336. The molecule has 0 aliphatic carbocycles. The van der Waals surface area contributed by atoms with Gasteiger partial charge in [0.25, 0.3) is 0 Å². The second-order valence-corrected chi connectivity index (χ2v) is 1.48. The van der Waals surface area contributed by atoms with E-state index in [2.05, 4.69) is 31.2 Å². The molecule has 0 heterocycles. The van der Waals surface area contributed by atoms with Crippen LogP contribution in [0.5, 0.6) is 0 Å². The smallest absolute Gasteiger partial charge is 0.00277 e. The summed E-state index contributed by atoms with van der Waals surface area (Å²) in [6, 6.07) is 0. The molecule has 2 nitrogen and oxygen atoms in total. The summed E-state index contributed by atoms with van der Waals surface area (Å²) in [5.74, 6) is 0. The topological polar surface area (TPSA) is 32.3 Å². The summed E-state index contributed by atoms with van der Waals surface area (Å²) in [5.41, 5.74) is 0. The van der Waals surface area contributed by atoms with Gasteiger partial charge in [-0.25, -0.2) is 0 Å². The lowest BCUT2D eigenvalue weighted by atomic mass is 10.4. The Morgan fingerprint density at radius 3 is 2.40 bits per heavy atom. The summed E-state index contributed by atoms with van der Waals surface area (Å²) in [4.78, 5) is 0. The monoisotopic (exact) mass is 161 g/mol. The van der Waals surface area contributed by atoms with Crippen LogP contribution in [0.15, 0.2) is 24.4 Å². The summed E-state index contributed by atoms with van der Waals surface area (Å²) < 4.78 is 6.69. The standard InChI is InChI=1S/C7H13N.H2OS/c1-3-4-5-6-7-8-2;1-2/h4-8H,3H2,1-2H3;1-2H/b5-4+,7-6-;. The average Bonchev–Trinajstić information content (AvgIpc) is 2.02. The van der Waals surface area contributed by atoms with Crippen molar-refractivity contribution < 1.29 is 4.55 Å². The first-order valence-corrected chi connectivity index (χ1v) is 3.50. The number of nitrogens with one attached hydrogen (secondary N) is 1. The van der Waals surface area contributed by atoms with Crippen molar-refractivity contribution in [3.8, 4) is 0 Å². The van der Waals surface area contributed by atoms with E-state index in [1.165, 1.54) is 0 Å². The highest BCUT2D eigenvalue weighted by molar-refractivity contribution is 7.74. The second-order valence-electron chi connectivity index (χ2n) is 1.48. The van der Waals surface area contributed by atoms with Gasteiger partial charge in [-0.3, -0.25) is 0 Å². The summed E-state index contributed by atoms with van der Waals surface area (Å²) in [6.45, 7) is 2.11. The van der Waals surface area contributed by atoms with Crippen LogP contribution in [-0.4, -0.2) is 11.6 Å². The Balaban J connectivity index is 0. The van der Waals surface area contributed by atoms with Crippen LogP contribution in [0.2, 0.25) is 0 Å². The Kier molecular flexibility index (Phi) is 19.5. The highest BCUT2D eigenvalue weighted by Gasteiger charge is 1.60. The Bertz CT molecular complexity index is 79.6. The van der Waals surface area contributed by atoms with Gasteiger partial charge in [0.1, 0.15) is 0 Å². The van der Waals surface area contributed by atoms with Gasteiger partial charge in [0, 0.05) is 7.05 Å². The third kappa shape index (κ3) is 15.6. The van der Waals surface area contributed by atoms with E-state index < -0.39 is 0 Å². The molecule has 0 rings (SSSR count). The summed E-state index contributed by atoms with van der Waals surface area (Å²) in [7, 11) is 1.89. The van der Waals surface area contributed by atoms with Crippen molar-refractivity contribution in [3.05, 3.63) is 24.4 Å². The van der Waals surface area contributed by atoms with Crippen LogP contribution < -0.4 is 5.32 Å². The average molecular weight is 161 g/mol. The zero-order chi connectivity index (χ0) is 8.24. The maximum Gasteiger partial charge on any atom is 0.00277 e.